The SMILES string of the molecule is COc1cc(C=NNC(=O)C(Cc2c[nH]c3ccccc23)NC(=O)OCC(C)C)ccc1O. The minimum Gasteiger partial charge on any atom is -0.504 e. The molecule has 0 aliphatic rings. The lowest BCUT2D eigenvalue weighted by Gasteiger charge is -2.17. The number of hydrogen-bond acceptors (Lipinski definition) is 6. The molecule has 0 fully saturated rings. The number of fused-ring (bicyclic) bond motifs is 1. The largest absolute Gasteiger partial charge is 0.504 e. The van der Waals surface area contributed by atoms with E-state index in [-0.39, 0.29) is 30.4 Å². The van der Waals surface area contributed by atoms with E-state index in [0.717, 1.165) is 16.5 Å². The van der Waals surface area contributed by atoms with Crippen LogP contribution in [0.4, 0.5) is 4.79 Å². The summed E-state index contributed by atoms with van der Waals surface area (Å²) in [5.74, 6) is -0.0361. The lowest BCUT2D eigenvalue weighted by Crippen LogP contribution is -2.47. The van der Waals surface area contributed by atoms with Crippen molar-refractivity contribution in [1.29, 1.82) is 0 Å². The summed E-state index contributed by atoms with van der Waals surface area (Å²) in [5.41, 5.74) is 4.89. The van der Waals surface area contributed by atoms with Gasteiger partial charge in [-0.2, -0.15) is 5.10 Å². The third kappa shape index (κ3) is 6.49. The van der Waals surface area contributed by atoms with Crippen molar-refractivity contribution in [2.75, 3.05) is 13.7 Å². The fraction of sp³-hybridized carbons (Fsp3) is 0.292. The number of aromatic amines is 1. The van der Waals surface area contributed by atoms with Crippen LogP contribution in [0.15, 0.2) is 53.8 Å². The van der Waals surface area contributed by atoms with Crippen molar-refractivity contribution >= 4 is 29.1 Å². The van der Waals surface area contributed by atoms with Crippen LogP contribution in [0.1, 0.15) is 25.0 Å². The summed E-state index contributed by atoms with van der Waals surface area (Å²) in [6.45, 7) is 4.10. The van der Waals surface area contributed by atoms with E-state index in [9.17, 15) is 14.7 Å². The molecular weight excluding hydrogens is 424 g/mol. The molecule has 0 spiro atoms. The first-order valence-corrected chi connectivity index (χ1v) is 10.6. The highest BCUT2D eigenvalue weighted by atomic mass is 16.5. The molecule has 2 amide bonds. The van der Waals surface area contributed by atoms with Crippen molar-refractivity contribution in [1.82, 2.24) is 15.7 Å². The van der Waals surface area contributed by atoms with Gasteiger partial charge in [0.25, 0.3) is 5.91 Å². The molecular formula is C24H28N4O5. The Labute approximate surface area is 191 Å². The molecule has 0 bridgehead atoms. The van der Waals surface area contributed by atoms with E-state index < -0.39 is 18.0 Å². The average Bonchev–Trinajstić information content (AvgIpc) is 3.21. The van der Waals surface area contributed by atoms with Crippen LogP contribution in [-0.4, -0.2) is 48.1 Å². The van der Waals surface area contributed by atoms with Gasteiger partial charge in [0.05, 0.1) is 19.9 Å². The summed E-state index contributed by atoms with van der Waals surface area (Å²) in [7, 11) is 1.44. The second kappa shape index (κ2) is 11.0. The fourth-order valence-electron chi connectivity index (χ4n) is 3.18. The van der Waals surface area contributed by atoms with Gasteiger partial charge in [0, 0.05) is 23.5 Å². The van der Waals surface area contributed by atoms with Gasteiger partial charge in [-0.15, -0.1) is 0 Å². The summed E-state index contributed by atoms with van der Waals surface area (Å²) >= 11 is 0. The second-order valence-electron chi connectivity index (χ2n) is 7.92. The number of methoxy groups -OCH3 is 1. The normalized spacial score (nSPS) is 12.1. The zero-order chi connectivity index (χ0) is 23.8. The molecule has 3 rings (SSSR count). The number of alkyl carbamates (subject to hydrolysis) is 1. The number of aromatic nitrogens is 1. The molecule has 3 aromatic rings. The van der Waals surface area contributed by atoms with E-state index >= 15 is 0 Å². The topological polar surface area (TPSA) is 125 Å². The van der Waals surface area contributed by atoms with Crippen molar-refractivity contribution in [3.63, 3.8) is 0 Å². The monoisotopic (exact) mass is 452 g/mol. The van der Waals surface area contributed by atoms with Crippen LogP contribution >= 0.6 is 0 Å². The van der Waals surface area contributed by atoms with Crippen molar-refractivity contribution < 1.29 is 24.2 Å². The number of nitrogens with one attached hydrogen (secondary N) is 3. The maximum atomic E-state index is 12.9. The van der Waals surface area contributed by atoms with Crippen molar-refractivity contribution in [2.24, 2.45) is 11.0 Å². The van der Waals surface area contributed by atoms with E-state index in [4.69, 9.17) is 9.47 Å². The number of rotatable bonds is 9. The number of phenols is 1. The van der Waals surface area contributed by atoms with Crippen LogP contribution in [-0.2, 0) is 16.0 Å². The zero-order valence-corrected chi connectivity index (χ0v) is 18.8. The van der Waals surface area contributed by atoms with Gasteiger partial charge in [-0.3, -0.25) is 4.79 Å². The first kappa shape index (κ1) is 23.6. The van der Waals surface area contributed by atoms with Crippen LogP contribution in [0.25, 0.3) is 10.9 Å². The average molecular weight is 453 g/mol. The fourth-order valence-corrected chi connectivity index (χ4v) is 3.18. The van der Waals surface area contributed by atoms with E-state index in [1.165, 1.54) is 19.4 Å². The zero-order valence-electron chi connectivity index (χ0n) is 18.8. The molecule has 0 saturated carbocycles. The van der Waals surface area contributed by atoms with Crippen molar-refractivity contribution in [2.45, 2.75) is 26.3 Å². The highest BCUT2D eigenvalue weighted by Crippen LogP contribution is 2.25. The lowest BCUT2D eigenvalue weighted by molar-refractivity contribution is -0.123. The van der Waals surface area contributed by atoms with Gasteiger partial charge in [0.15, 0.2) is 11.5 Å². The molecule has 1 aromatic heterocycles. The lowest BCUT2D eigenvalue weighted by atomic mass is 10.0. The minimum atomic E-state index is -0.907. The van der Waals surface area contributed by atoms with E-state index in [0.29, 0.717) is 5.56 Å². The molecule has 1 unspecified atom stereocenters. The molecule has 9 nitrogen and oxygen atoms in total. The smallest absolute Gasteiger partial charge is 0.407 e. The standard InChI is InChI=1S/C24H28N4O5/c1-15(2)14-33-24(31)27-20(11-17-13-25-19-7-5-4-6-18(17)19)23(30)28-26-12-16-8-9-21(29)22(10-16)32-3/h4-10,12-13,15,20,25,29H,11,14H2,1-3H3,(H,27,31)(H,28,30). The number of benzene rings is 2. The number of hydrogen-bond donors (Lipinski definition) is 4. The van der Waals surface area contributed by atoms with Gasteiger partial charge in [-0.25, -0.2) is 10.2 Å². The molecule has 1 heterocycles. The minimum absolute atomic E-state index is 0.00147. The Balaban J connectivity index is 1.73. The van der Waals surface area contributed by atoms with Gasteiger partial charge >= 0.3 is 6.09 Å². The van der Waals surface area contributed by atoms with Gasteiger partial charge < -0.3 is 24.9 Å². The summed E-state index contributed by atoms with van der Waals surface area (Å²) in [5, 5.41) is 17.3. The molecule has 0 radical (unpaired) electrons. The van der Waals surface area contributed by atoms with E-state index in [1.807, 2.05) is 44.3 Å². The molecule has 0 aliphatic carbocycles. The number of carbonyl (C=O) groups excluding carboxylic acids is 2. The Morgan fingerprint density at radius 2 is 2.00 bits per heavy atom. The number of hydrazone groups is 1. The maximum absolute atomic E-state index is 12.9. The van der Waals surface area contributed by atoms with Crippen molar-refractivity contribution in [3.8, 4) is 11.5 Å². The Bertz CT molecular complexity index is 1140. The van der Waals surface area contributed by atoms with Crippen LogP contribution in [0.5, 0.6) is 11.5 Å². The third-order valence-corrected chi connectivity index (χ3v) is 4.85. The van der Waals surface area contributed by atoms with E-state index in [1.54, 1.807) is 12.1 Å². The molecule has 1 atom stereocenters. The third-order valence-electron chi connectivity index (χ3n) is 4.85. The number of carbonyl (C=O) groups is 2. The Kier molecular flexibility index (Phi) is 7.91. The maximum Gasteiger partial charge on any atom is 0.407 e. The summed E-state index contributed by atoms with van der Waals surface area (Å²) < 4.78 is 10.3. The Hall–Kier alpha value is -4.01. The Morgan fingerprint density at radius 3 is 2.76 bits per heavy atom. The summed E-state index contributed by atoms with van der Waals surface area (Å²) in [6.07, 6.45) is 2.81. The summed E-state index contributed by atoms with van der Waals surface area (Å²) in [4.78, 5) is 28.3. The van der Waals surface area contributed by atoms with Gasteiger partial charge in [-0.1, -0.05) is 32.0 Å². The predicted molar refractivity (Wildman–Crippen MR) is 126 cm³/mol. The number of ether oxygens (including phenoxy) is 2. The molecule has 9 heteroatoms. The number of phenolic OH excluding ortho intramolecular Hbond substituents is 1. The van der Waals surface area contributed by atoms with Gasteiger partial charge in [0.1, 0.15) is 6.04 Å². The predicted octanol–water partition coefficient (Wildman–Crippen LogP) is 3.33. The second-order valence-corrected chi connectivity index (χ2v) is 7.92. The number of para-hydroxylation sites is 1. The molecule has 0 aliphatic heterocycles. The van der Waals surface area contributed by atoms with Crippen LogP contribution in [0, 0.1) is 5.92 Å². The number of nitrogens with zero attached hydrogens (tertiary/aromatic N) is 1. The van der Waals surface area contributed by atoms with Crippen LogP contribution < -0.4 is 15.5 Å². The first-order chi connectivity index (χ1) is 15.9. The molecule has 174 valence electrons. The van der Waals surface area contributed by atoms with Gasteiger partial charge in [-0.05, 0) is 41.3 Å². The van der Waals surface area contributed by atoms with Crippen LogP contribution in [0.2, 0.25) is 0 Å². The van der Waals surface area contributed by atoms with E-state index in [2.05, 4.69) is 20.8 Å². The van der Waals surface area contributed by atoms with Crippen molar-refractivity contribution in [3.05, 3.63) is 59.8 Å². The highest BCUT2D eigenvalue weighted by Gasteiger charge is 2.23. The summed E-state index contributed by atoms with van der Waals surface area (Å²) in [6, 6.07) is 11.5. The molecule has 4 N–H and O–H groups in total. The number of amides is 2. The van der Waals surface area contributed by atoms with Crippen LogP contribution in [0.3, 0.4) is 0 Å². The number of aromatic hydroxyl groups is 1. The molecule has 2 aromatic carbocycles. The van der Waals surface area contributed by atoms with Gasteiger partial charge in [0.2, 0.25) is 0 Å². The quantitative estimate of drug-likeness (QED) is 0.293. The highest BCUT2D eigenvalue weighted by molar-refractivity contribution is 5.89. The molecule has 0 saturated heterocycles. The first-order valence-electron chi connectivity index (χ1n) is 10.6. The number of H-pyrrole nitrogens is 1. The molecule has 33 heavy (non-hydrogen) atoms. The Morgan fingerprint density at radius 1 is 1.21 bits per heavy atom.